The van der Waals surface area contributed by atoms with E-state index in [1.807, 2.05) is 24.7 Å². The lowest BCUT2D eigenvalue weighted by molar-refractivity contribution is -0.678. The third-order valence-corrected chi connectivity index (χ3v) is 2.29. The van der Waals surface area contributed by atoms with Crippen LogP contribution in [-0.4, -0.2) is 11.7 Å². The van der Waals surface area contributed by atoms with Crippen LogP contribution in [-0.2, 0) is 7.05 Å². The molecule has 1 rings (SSSR count). The second-order valence-electron chi connectivity index (χ2n) is 3.43. The van der Waals surface area contributed by atoms with Gasteiger partial charge in [0.1, 0.15) is 7.05 Å². The molecule has 0 bridgehead atoms. The van der Waals surface area contributed by atoms with Crippen molar-refractivity contribution in [2.24, 2.45) is 7.05 Å². The number of unbranched alkanes of at least 4 members (excludes halogenated alkanes) is 1. The minimum absolute atomic E-state index is 0.219. The molecule has 0 aliphatic carbocycles. The van der Waals surface area contributed by atoms with Crippen molar-refractivity contribution in [1.29, 1.82) is 0 Å². The van der Waals surface area contributed by atoms with Gasteiger partial charge in [-0.1, -0.05) is 13.3 Å². The van der Waals surface area contributed by atoms with Crippen molar-refractivity contribution in [1.82, 2.24) is 0 Å². The van der Waals surface area contributed by atoms with E-state index in [1.165, 1.54) is 0 Å². The number of hydrogen-bond acceptors (Lipinski definition) is 2. The number of aryl methyl sites for hydroxylation is 1. The highest BCUT2D eigenvalue weighted by Gasteiger charge is 2.14. The van der Waals surface area contributed by atoms with E-state index in [0.29, 0.717) is 12.4 Å². The number of nitrogens with zero attached hydrogens (tertiary/aromatic N) is 1. The largest absolute Gasteiger partial charge is 0.504 e. The molecule has 0 aromatic carbocycles. The minimum atomic E-state index is 0.219. The van der Waals surface area contributed by atoms with Crippen LogP contribution in [0.3, 0.4) is 0 Å². The van der Waals surface area contributed by atoms with Crippen LogP contribution < -0.4 is 9.30 Å². The van der Waals surface area contributed by atoms with Crippen LogP contribution in [0.1, 0.15) is 25.5 Å². The first kappa shape index (κ1) is 10.8. The first-order chi connectivity index (χ1) is 6.66. The van der Waals surface area contributed by atoms with Crippen LogP contribution in [0, 0.1) is 6.92 Å². The van der Waals surface area contributed by atoms with Crippen LogP contribution in [0.15, 0.2) is 12.3 Å². The van der Waals surface area contributed by atoms with Gasteiger partial charge in [0, 0.05) is 13.0 Å². The van der Waals surface area contributed by atoms with Crippen LogP contribution in [0.4, 0.5) is 0 Å². The number of ether oxygens (including phenoxy) is 1. The molecule has 1 heterocycles. The SMILES string of the molecule is CCCCOc1c(O)cc[n+](C)c1C. The molecular weight excluding hydrogens is 178 g/mol. The van der Waals surface area contributed by atoms with E-state index in [9.17, 15) is 5.11 Å². The van der Waals surface area contributed by atoms with Crippen molar-refractivity contribution >= 4 is 0 Å². The zero-order valence-electron chi connectivity index (χ0n) is 9.08. The zero-order valence-corrected chi connectivity index (χ0v) is 9.08. The summed E-state index contributed by atoms with van der Waals surface area (Å²) in [5.41, 5.74) is 0.945. The molecule has 1 aromatic heterocycles. The quantitative estimate of drug-likeness (QED) is 0.587. The maximum absolute atomic E-state index is 9.58. The van der Waals surface area contributed by atoms with Gasteiger partial charge in [0.15, 0.2) is 11.9 Å². The Hall–Kier alpha value is -1.25. The zero-order chi connectivity index (χ0) is 10.6. The van der Waals surface area contributed by atoms with Crippen LogP contribution in [0.5, 0.6) is 11.5 Å². The van der Waals surface area contributed by atoms with Crippen LogP contribution >= 0.6 is 0 Å². The van der Waals surface area contributed by atoms with E-state index in [2.05, 4.69) is 6.92 Å². The number of rotatable bonds is 4. The molecule has 0 aliphatic rings. The summed E-state index contributed by atoms with van der Waals surface area (Å²) in [5.74, 6) is 0.820. The highest BCUT2D eigenvalue weighted by molar-refractivity contribution is 5.38. The van der Waals surface area contributed by atoms with Gasteiger partial charge in [-0.2, -0.15) is 0 Å². The molecule has 0 saturated heterocycles. The third kappa shape index (κ3) is 2.37. The Labute approximate surface area is 85.0 Å². The van der Waals surface area contributed by atoms with Gasteiger partial charge in [0.2, 0.25) is 11.4 Å². The van der Waals surface area contributed by atoms with Crippen molar-refractivity contribution in [3.8, 4) is 11.5 Å². The van der Waals surface area contributed by atoms with Gasteiger partial charge < -0.3 is 9.84 Å². The molecule has 0 fully saturated rings. The molecule has 0 radical (unpaired) electrons. The highest BCUT2D eigenvalue weighted by atomic mass is 16.5. The number of aromatic nitrogens is 1. The van der Waals surface area contributed by atoms with Crippen LogP contribution in [0.25, 0.3) is 0 Å². The fourth-order valence-corrected chi connectivity index (χ4v) is 1.21. The van der Waals surface area contributed by atoms with Crippen LogP contribution in [0.2, 0.25) is 0 Å². The molecule has 0 aliphatic heterocycles. The maximum Gasteiger partial charge on any atom is 0.228 e. The summed E-state index contributed by atoms with van der Waals surface area (Å²) in [6, 6.07) is 1.65. The molecule has 0 atom stereocenters. The Morgan fingerprint density at radius 2 is 2.21 bits per heavy atom. The molecule has 3 nitrogen and oxygen atoms in total. The highest BCUT2D eigenvalue weighted by Crippen LogP contribution is 2.26. The Morgan fingerprint density at radius 1 is 1.50 bits per heavy atom. The summed E-state index contributed by atoms with van der Waals surface area (Å²) in [4.78, 5) is 0. The van der Waals surface area contributed by atoms with Crippen molar-refractivity contribution in [2.75, 3.05) is 6.61 Å². The standard InChI is InChI=1S/C11H17NO2/c1-4-5-8-14-11-9(2)12(3)7-6-10(11)13/h6-7H,4-5,8H2,1-3H3/p+1. The van der Waals surface area contributed by atoms with Crippen molar-refractivity contribution < 1.29 is 14.4 Å². The second-order valence-corrected chi connectivity index (χ2v) is 3.43. The Balaban J connectivity index is 2.79. The fraction of sp³-hybridized carbons (Fsp3) is 0.545. The lowest BCUT2D eigenvalue weighted by atomic mass is 10.3. The summed E-state index contributed by atoms with van der Waals surface area (Å²) in [6.45, 7) is 4.71. The Morgan fingerprint density at radius 3 is 2.86 bits per heavy atom. The summed E-state index contributed by atoms with van der Waals surface area (Å²) >= 11 is 0. The molecule has 1 N–H and O–H groups in total. The van der Waals surface area contributed by atoms with E-state index in [1.54, 1.807) is 6.07 Å². The van der Waals surface area contributed by atoms with E-state index in [-0.39, 0.29) is 5.75 Å². The minimum Gasteiger partial charge on any atom is -0.504 e. The molecule has 78 valence electrons. The number of aromatic hydroxyl groups is 1. The topological polar surface area (TPSA) is 33.3 Å². The van der Waals surface area contributed by atoms with Gasteiger partial charge >= 0.3 is 0 Å². The molecule has 1 aromatic rings. The first-order valence-electron chi connectivity index (χ1n) is 4.97. The van der Waals surface area contributed by atoms with Gasteiger partial charge in [-0.3, -0.25) is 0 Å². The molecule has 0 saturated carbocycles. The van der Waals surface area contributed by atoms with E-state index in [4.69, 9.17) is 4.74 Å². The maximum atomic E-state index is 9.58. The molecule has 0 spiro atoms. The van der Waals surface area contributed by atoms with Gasteiger partial charge in [-0.05, 0) is 6.42 Å². The predicted molar refractivity (Wildman–Crippen MR) is 54.4 cm³/mol. The molecule has 0 amide bonds. The Kier molecular flexibility index (Phi) is 3.74. The fourth-order valence-electron chi connectivity index (χ4n) is 1.21. The first-order valence-corrected chi connectivity index (χ1v) is 4.97. The average molecular weight is 196 g/mol. The lowest BCUT2D eigenvalue weighted by Crippen LogP contribution is -2.31. The smallest absolute Gasteiger partial charge is 0.228 e. The van der Waals surface area contributed by atoms with E-state index in [0.717, 1.165) is 18.5 Å². The normalized spacial score (nSPS) is 10.2. The molecule has 0 unspecified atom stereocenters. The summed E-state index contributed by atoms with van der Waals surface area (Å²) in [6.07, 6.45) is 3.92. The van der Waals surface area contributed by atoms with Gasteiger partial charge in [0.25, 0.3) is 0 Å². The summed E-state index contributed by atoms with van der Waals surface area (Å²) in [7, 11) is 1.93. The number of pyridine rings is 1. The van der Waals surface area contributed by atoms with E-state index < -0.39 is 0 Å². The second kappa shape index (κ2) is 4.84. The monoisotopic (exact) mass is 196 g/mol. The lowest BCUT2D eigenvalue weighted by Gasteiger charge is -2.07. The van der Waals surface area contributed by atoms with Crippen molar-refractivity contribution in [3.63, 3.8) is 0 Å². The summed E-state index contributed by atoms with van der Waals surface area (Å²) in [5, 5.41) is 9.58. The number of hydrogen-bond donors (Lipinski definition) is 1. The van der Waals surface area contributed by atoms with Gasteiger partial charge in [-0.25, -0.2) is 4.57 Å². The predicted octanol–water partition coefficient (Wildman–Crippen LogP) is 1.70. The average Bonchev–Trinajstić information content (AvgIpc) is 2.18. The van der Waals surface area contributed by atoms with Crippen molar-refractivity contribution in [3.05, 3.63) is 18.0 Å². The Bertz CT molecular complexity index is 310. The van der Waals surface area contributed by atoms with Gasteiger partial charge in [0.05, 0.1) is 6.61 Å². The van der Waals surface area contributed by atoms with Gasteiger partial charge in [-0.15, -0.1) is 0 Å². The molecule has 3 heteroatoms. The molecule has 14 heavy (non-hydrogen) atoms. The summed E-state index contributed by atoms with van der Waals surface area (Å²) < 4.78 is 7.45. The van der Waals surface area contributed by atoms with E-state index >= 15 is 0 Å². The van der Waals surface area contributed by atoms with Crippen molar-refractivity contribution in [2.45, 2.75) is 26.7 Å². The third-order valence-electron chi connectivity index (χ3n) is 2.29. The molecular formula is C11H18NO2+.